The summed E-state index contributed by atoms with van der Waals surface area (Å²) in [6, 6.07) is 7.91. The second-order valence-corrected chi connectivity index (χ2v) is 8.34. The molecule has 8 heteroatoms. The smallest absolute Gasteiger partial charge is 0.231 e. The molecule has 1 unspecified atom stereocenters. The van der Waals surface area contributed by atoms with Crippen LogP contribution in [-0.2, 0) is 22.4 Å². The van der Waals surface area contributed by atoms with E-state index in [9.17, 15) is 4.79 Å². The van der Waals surface area contributed by atoms with Crippen molar-refractivity contribution >= 4 is 16.9 Å². The van der Waals surface area contributed by atoms with E-state index in [2.05, 4.69) is 20.1 Å². The lowest BCUT2D eigenvalue weighted by Crippen LogP contribution is -2.28. The fourth-order valence-corrected chi connectivity index (χ4v) is 3.93. The number of hydrogen-bond donors (Lipinski definition) is 1. The quantitative estimate of drug-likeness (QED) is 0.546. The first-order valence-corrected chi connectivity index (χ1v) is 10.9. The molecule has 8 nitrogen and oxygen atoms in total. The van der Waals surface area contributed by atoms with E-state index >= 15 is 0 Å². The molecule has 1 amide bonds. The van der Waals surface area contributed by atoms with Gasteiger partial charge in [0.25, 0.3) is 0 Å². The predicted octanol–water partition coefficient (Wildman–Crippen LogP) is 2.86. The maximum absolute atomic E-state index is 12.7. The van der Waals surface area contributed by atoms with E-state index in [1.165, 1.54) is 12.8 Å². The Morgan fingerprint density at radius 3 is 2.97 bits per heavy atom. The summed E-state index contributed by atoms with van der Waals surface area (Å²) in [7, 11) is 0. The number of benzene rings is 1. The number of carbonyl (C=O) groups excluding carboxylic acids is 1. The Hall–Kier alpha value is -2.74. The van der Waals surface area contributed by atoms with Gasteiger partial charge in [0.05, 0.1) is 23.6 Å². The van der Waals surface area contributed by atoms with Crippen LogP contribution in [0.15, 0.2) is 28.8 Å². The molecular weight excluding hydrogens is 382 g/mol. The number of nitrogens with one attached hydrogen (secondary N) is 1. The van der Waals surface area contributed by atoms with Crippen LogP contribution in [0.1, 0.15) is 49.1 Å². The molecule has 3 aromatic rings. The number of hydrogen-bond acceptors (Lipinski definition) is 6. The molecule has 2 fully saturated rings. The van der Waals surface area contributed by atoms with Crippen LogP contribution in [0.5, 0.6) is 0 Å². The third-order valence-corrected chi connectivity index (χ3v) is 5.91. The lowest BCUT2D eigenvalue weighted by atomic mass is 10.1. The van der Waals surface area contributed by atoms with E-state index in [1.807, 2.05) is 29.2 Å². The largest absolute Gasteiger partial charge is 0.381 e. The molecule has 0 radical (unpaired) electrons. The molecule has 3 heterocycles. The van der Waals surface area contributed by atoms with Gasteiger partial charge in [-0.2, -0.15) is 4.98 Å². The molecule has 1 aromatic carbocycles. The molecule has 30 heavy (non-hydrogen) atoms. The molecule has 0 spiro atoms. The highest BCUT2D eigenvalue weighted by Gasteiger charge is 2.31. The SMILES string of the molecule is O=C(CCc1nc2ccccc2[nH]1)N1CCC(c2nc(CCOCC3CC3)no2)C1. The first-order valence-electron chi connectivity index (χ1n) is 10.9. The minimum Gasteiger partial charge on any atom is -0.381 e. The van der Waals surface area contributed by atoms with Crippen molar-refractivity contribution in [1.29, 1.82) is 0 Å². The van der Waals surface area contributed by atoms with Crippen LogP contribution in [0.25, 0.3) is 11.0 Å². The van der Waals surface area contributed by atoms with Crippen LogP contribution in [0, 0.1) is 5.92 Å². The third-order valence-electron chi connectivity index (χ3n) is 5.91. The van der Waals surface area contributed by atoms with Gasteiger partial charge in [-0.3, -0.25) is 4.79 Å². The average molecular weight is 409 g/mol. The lowest BCUT2D eigenvalue weighted by molar-refractivity contribution is -0.130. The number of para-hydroxylation sites is 2. The summed E-state index contributed by atoms with van der Waals surface area (Å²) in [5, 5.41) is 4.08. The van der Waals surface area contributed by atoms with E-state index in [0.29, 0.717) is 44.1 Å². The summed E-state index contributed by atoms with van der Waals surface area (Å²) in [6.07, 6.45) is 5.17. The first kappa shape index (κ1) is 19.2. The summed E-state index contributed by atoms with van der Waals surface area (Å²) in [4.78, 5) is 26.9. The van der Waals surface area contributed by atoms with E-state index in [4.69, 9.17) is 9.26 Å². The zero-order chi connectivity index (χ0) is 20.3. The van der Waals surface area contributed by atoms with Crippen molar-refractivity contribution in [3.63, 3.8) is 0 Å². The van der Waals surface area contributed by atoms with Gasteiger partial charge < -0.3 is 19.1 Å². The zero-order valence-corrected chi connectivity index (χ0v) is 17.0. The molecule has 1 saturated heterocycles. The van der Waals surface area contributed by atoms with Crippen molar-refractivity contribution in [2.75, 3.05) is 26.3 Å². The summed E-state index contributed by atoms with van der Waals surface area (Å²) >= 11 is 0. The molecule has 2 aromatic heterocycles. The Bertz CT molecular complexity index is 976. The fourth-order valence-electron chi connectivity index (χ4n) is 3.93. The molecule has 1 saturated carbocycles. The van der Waals surface area contributed by atoms with Crippen LogP contribution in [-0.4, -0.2) is 57.2 Å². The zero-order valence-electron chi connectivity index (χ0n) is 17.0. The maximum Gasteiger partial charge on any atom is 0.231 e. The van der Waals surface area contributed by atoms with Gasteiger partial charge in [0, 0.05) is 39.0 Å². The van der Waals surface area contributed by atoms with Crippen LogP contribution in [0.3, 0.4) is 0 Å². The molecule has 1 aliphatic heterocycles. The minimum absolute atomic E-state index is 0.119. The van der Waals surface area contributed by atoms with Gasteiger partial charge in [0.2, 0.25) is 11.8 Å². The second kappa shape index (κ2) is 8.55. The van der Waals surface area contributed by atoms with Gasteiger partial charge in [-0.15, -0.1) is 0 Å². The number of carbonyl (C=O) groups is 1. The Morgan fingerprint density at radius 1 is 1.20 bits per heavy atom. The van der Waals surface area contributed by atoms with Crippen molar-refractivity contribution < 1.29 is 14.1 Å². The van der Waals surface area contributed by atoms with E-state index in [1.54, 1.807) is 0 Å². The third kappa shape index (κ3) is 4.53. The Balaban J connectivity index is 1.08. The number of aromatic amines is 1. The molecule has 158 valence electrons. The topological polar surface area (TPSA) is 97.1 Å². The number of likely N-dealkylation sites (tertiary alicyclic amines) is 1. The monoisotopic (exact) mass is 409 g/mol. The van der Waals surface area contributed by atoms with Crippen LogP contribution < -0.4 is 0 Å². The number of nitrogens with zero attached hydrogens (tertiary/aromatic N) is 4. The summed E-state index contributed by atoms with van der Waals surface area (Å²) in [6.45, 7) is 2.84. The molecule has 2 aliphatic rings. The van der Waals surface area contributed by atoms with Crippen molar-refractivity contribution in [1.82, 2.24) is 25.0 Å². The summed E-state index contributed by atoms with van der Waals surface area (Å²) < 4.78 is 11.1. The molecule has 0 bridgehead atoms. The number of aromatic nitrogens is 4. The van der Waals surface area contributed by atoms with E-state index < -0.39 is 0 Å². The Labute approximate surface area is 175 Å². The van der Waals surface area contributed by atoms with Gasteiger partial charge >= 0.3 is 0 Å². The Morgan fingerprint density at radius 2 is 2.10 bits per heavy atom. The minimum atomic E-state index is 0.119. The number of amides is 1. The number of ether oxygens (including phenoxy) is 1. The Kier molecular flexibility index (Phi) is 5.48. The van der Waals surface area contributed by atoms with Gasteiger partial charge in [-0.25, -0.2) is 4.98 Å². The molecular formula is C22H27N5O3. The van der Waals surface area contributed by atoms with Crippen LogP contribution >= 0.6 is 0 Å². The van der Waals surface area contributed by atoms with Gasteiger partial charge in [-0.1, -0.05) is 17.3 Å². The van der Waals surface area contributed by atoms with Gasteiger partial charge in [0.1, 0.15) is 5.82 Å². The highest BCUT2D eigenvalue weighted by Crippen LogP contribution is 2.29. The maximum atomic E-state index is 12.7. The average Bonchev–Trinajstić information content (AvgIpc) is 3.15. The number of H-pyrrole nitrogens is 1. The molecule has 5 rings (SSSR count). The molecule has 1 atom stereocenters. The molecule has 1 N–H and O–H groups in total. The summed E-state index contributed by atoms with van der Waals surface area (Å²) in [5.74, 6) is 3.21. The van der Waals surface area contributed by atoms with Gasteiger partial charge in [-0.05, 0) is 37.3 Å². The predicted molar refractivity (Wildman–Crippen MR) is 110 cm³/mol. The van der Waals surface area contributed by atoms with E-state index in [0.717, 1.165) is 42.3 Å². The number of aryl methyl sites for hydroxylation is 1. The number of fused-ring (bicyclic) bond motifs is 1. The van der Waals surface area contributed by atoms with Crippen LogP contribution in [0.4, 0.5) is 0 Å². The standard InChI is InChI=1S/C22H27N5O3/c28-21(8-7-19-23-17-3-1-2-4-18(17)24-19)27-11-9-16(13-27)22-25-20(26-30-22)10-12-29-14-15-5-6-15/h1-4,15-16H,5-14H2,(H,23,24). The van der Waals surface area contributed by atoms with Crippen molar-refractivity contribution in [3.8, 4) is 0 Å². The van der Waals surface area contributed by atoms with Crippen molar-refractivity contribution in [2.45, 2.75) is 44.4 Å². The highest BCUT2D eigenvalue weighted by atomic mass is 16.5. The van der Waals surface area contributed by atoms with Crippen molar-refractivity contribution in [2.24, 2.45) is 5.92 Å². The normalized spacial score (nSPS) is 19.1. The first-order chi connectivity index (χ1) is 14.7. The second-order valence-electron chi connectivity index (χ2n) is 8.34. The van der Waals surface area contributed by atoms with Crippen molar-refractivity contribution in [3.05, 3.63) is 41.8 Å². The lowest BCUT2D eigenvalue weighted by Gasteiger charge is -2.15. The number of imidazole rings is 1. The number of rotatable bonds is 9. The van der Waals surface area contributed by atoms with Crippen LogP contribution in [0.2, 0.25) is 0 Å². The highest BCUT2D eigenvalue weighted by molar-refractivity contribution is 5.77. The van der Waals surface area contributed by atoms with E-state index in [-0.39, 0.29) is 11.8 Å². The summed E-state index contributed by atoms with van der Waals surface area (Å²) in [5.41, 5.74) is 1.94. The molecule has 1 aliphatic carbocycles. The van der Waals surface area contributed by atoms with Gasteiger partial charge in [0.15, 0.2) is 5.82 Å². The fraction of sp³-hybridized carbons (Fsp3) is 0.545.